The molecule has 7 atom stereocenters. The molecule has 3 aromatic carbocycles. The quantitative estimate of drug-likeness (QED) is 0.0435. The van der Waals surface area contributed by atoms with Crippen LogP contribution < -0.4 is 31.9 Å². The van der Waals surface area contributed by atoms with Gasteiger partial charge in [-0.1, -0.05) is 113 Å². The largest absolute Gasteiger partial charge is 0.481 e. The summed E-state index contributed by atoms with van der Waals surface area (Å²) in [5.41, 5.74) is 2.73. The fourth-order valence-electron chi connectivity index (χ4n) is 7.78. The van der Waals surface area contributed by atoms with Crippen LogP contribution in [-0.2, 0) is 49.6 Å². The van der Waals surface area contributed by atoms with E-state index in [-0.39, 0.29) is 18.8 Å². The molecule has 0 aliphatic carbocycles. The molecule has 6 amide bonds. The van der Waals surface area contributed by atoms with E-state index in [2.05, 4.69) is 36.9 Å². The molecule has 10 N–H and O–H groups in total. The fourth-order valence-corrected chi connectivity index (χ4v) is 7.78. The van der Waals surface area contributed by atoms with Crippen molar-refractivity contribution in [3.8, 4) is 0 Å². The van der Waals surface area contributed by atoms with Crippen LogP contribution in [0.1, 0.15) is 89.3 Å². The number of carbonyl (C=O) groups excluding carboxylic acids is 6. The molecule has 0 aliphatic heterocycles. The molecule has 19 nitrogen and oxygen atoms in total. The van der Waals surface area contributed by atoms with E-state index in [1.54, 1.807) is 113 Å². The van der Waals surface area contributed by atoms with Crippen LogP contribution in [0.2, 0.25) is 0 Å². The number of fused-ring (bicyclic) bond motifs is 1. The Bertz CT molecular complexity index is 2370. The molecule has 0 aliphatic rings. The molecule has 0 radical (unpaired) electrons. The summed E-state index contributed by atoms with van der Waals surface area (Å²) < 4.78 is 0. The summed E-state index contributed by atoms with van der Waals surface area (Å²) in [7, 11) is 0. The lowest BCUT2D eigenvalue weighted by Gasteiger charge is -2.30. The summed E-state index contributed by atoms with van der Waals surface area (Å²) in [5, 5.41) is 45.4. The lowest BCUT2D eigenvalue weighted by molar-refractivity contribution is -0.142. The Morgan fingerprint density at radius 1 is 0.574 bits per heavy atom. The van der Waals surface area contributed by atoms with Crippen molar-refractivity contribution >= 4 is 64.3 Å². The lowest BCUT2D eigenvalue weighted by atomic mass is 9.84. The van der Waals surface area contributed by atoms with E-state index in [9.17, 15) is 58.5 Å². The minimum Gasteiger partial charge on any atom is -0.481 e. The Balaban J connectivity index is 1.57. The number of amides is 6. The fraction of sp³-hybridized carbons (Fsp3) is 0.408. The second kappa shape index (κ2) is 25.4. The summed E-state index contributed by atoms with van der Waals surface area (Å²) in [6.45, 7) is 8.12. The highest BCUT2D eigenvalue weighted by molar-refractivity contribution is 5.98. The summed E-state index contributed by atoms with van der Waals surface area (Å²) in [4.78, 5) is 122. The Morgan fingerprint density at radius 3 is 1.63 bits per heavy atom. The monoisotopic (exact) mass is 939 g/mol. The van der Waals surface area contributed by atoms with Crippen molar-refractivity contribution in [1.82, 2.24) is 36.9 Å². The molecule has 1 aromatic heterocycles. The number of aromatic nitrogens is 1. The predicted molar refractivity (Wildman–Crippen MR) is 250 cm³/mol. The van der Waals surface area contributed by atoms with Gasteiger partial charge in [-0.05, 0) is 47.4 Å². The zero-order chi connectivity index (χ0) is 50.1. The van der Waals surface area contributed by atoms with Crippen molar-refractivity contribution in [3.63, 3.8) is 0 Å². The molecule has 19 heteroatoms. The zero-order valence-corrected chi connectivity index (χ0v) is 38.6. The maximum absolute atomic E-state index is 14.3. The van der Waals surface area contributed by atoms with Gasteiger partial charge < -0.3 is 52.2 Å². The van der Waals surface area contributed by atoms with Gasteiger partial charge in [-0.15, -0.1) is 0 Å². The van der Waals surface area contributed by atoms with Gasteiger partial charge in [0.25, 0.3) is 0 Å². The number of hydrogen-bond acceptors (Lipinski definition) is 9. The number of aliphatic carboxylic acids is 3. The number of hydrogen-bond donors (Lipinski definition) is 10. The molecule has 0 fully saturated rings. The first-order valence-electron chi connectivity index (χ1n) is 22.4. The van der Waals surface area contributed by atoms with Crippen LogP contribution in [0.15, 0.2) is 91.1 Å². The Hall–Kier alpha value is -7.57. The molecule has 0 saturated heterocycles. The normalized spacial score (nSPS) is 14.3. The van der Waals surface area contributed by atoms with Gasteiger partial charge in [-0.2, -0.15) is 0 Å². The van der Waals surface area contributed by atoms with E-state index in [0.717, 1.165) is 10.9 Å². The summed E-state index contributed by atoms with van der Waals surface area (Å²) in [5.74, 6) is -11.1. The van der Waals surface area contributed by atoms with E-state index in [1.165, 1.54) is 6.92 Å². The first-order valence-corrected chi connectivity index (χ1v) is 22.4. The van der Waals surface area contributed by atoms with Gasteiger partial charge in [0.1, 0.15) is 36.3 Å². The van der Waals surface area contributed by atoms with Crippen LogP contribution in [-0.4, -0.2) is 110 Å². The zero-order valence-electron chi connectivity index (χ0n) is 38.6. The molecule has 0 unspecified atom stereocenters. The average molecular weight is 940 g/mol. The van der Waals surface area contributed by atoms with E-state index in [4.69, 9.17) is 0 Å². The number of benzene rings is 3. The first kappa shape index (κ1) is 53.0. The highest BCUT2D eigenvalue weighted by Gasteiger charge is 2.37. The number of H-pyrrole nitrogens is 1. The SMILES string of the molecule is CC[C@H](C)[C@H](NC(=O)[C@H](CCC(=O)O)NC(=O)[C@H](CC(=O)O)NC(=O)[C@H](CC(C)C)NC(=O)[C@H](NC(C)=O)C(c1ccccc1)c1ccccc1)C(=O)N[C@@H](Cc1c[nH]c2ccccc12)C(=O)O. The van der Waals surface area contributed by atoms with Crippen molar-refractivity contribution in [2.45, 2.75) is 115 Å². The summed E-state index contributed by atoms with van der Waals surface area (Å²) >= 11 is 0. The van der Waals surface area contributed by atoms with E-state index < -0.39 is 121 Å². The maximum atomic E-state index is 14.3. The number of nitrogens with one attached hydrogen (secondary N) is 7. The van der Waals surface area contributed by atoms with E-state index in [1.807, 2.05) is 6.07 Å². The van der Waals surface area contributed by atoms with Crippen molar-refractivity contribution in [3.05, 3.63) is 108 Å². The van der Waals surface area contributed by atoms with Crippen molar-refractivity contribution in [1.29, 1.82) is 0 Å². The molecule has 364 valence electrons. The molecule has 4 aromatic rings. The van der Waals surface area contributed by atoms with Gasteiger partial charge in [-0.3, -0.25) is 38.4 Å². The van der Waals surface area contributed by atoms with E-state index in [0.29, 0.717) is 23.1 Å². The molecular weight excluding hydrogens is 879 g/mol. The van der Waals surface area contributed by atoms with Crippen LogP contribution in [0.4, 0.5) is 0 Å². The van der Waals surface area contributed by atoms with Gasteiger partial charge in [-0.25, -0.2) is 4.79 Å². The van der Waals surface area contributed by atoms with Crippen LogP contribution in [0.3, 0.4) is 0 Å². The number of carboxylic acids is 3. The third-order valence-electron chi connectivity index (χ3n) is 11.4. The van der Waals surface area contributed by atoms with Crippen molar-refractivity contribution < 1.29 is 58.5 Å². The Kier molecular flexibility index (Phi) is 19.8. The summed E-state index contributed by atoms with van der Waals surface area (Å²) in [6, 6.07) is 16.1. The number of carboxylic acid groups (broad SMARTS) is 3. The molecule has 4 rings (SSSR count). The highest BCUT2D eigenvalue weighted by atomic mass is 16.4. The standard InChI is InChI=1S/C49H61N7O12/c1-6-28(4)42(47(65)55-38(49(67)68)24-32-26-50-34-20-14-13-19-33(32)34)56-44(62)35(21-22-39(58)59)52-46(64)37(25-40(60)61)53-45(63)36(23-27(2)3)54-48(66)43(51-29(5)57)41(30-15-9-7-10-16-30)31-17-11-8-12-18-31/h7-20,26-28,35-38,41-43,50H,6,21-25H2,1-5H3,(H,51,57)(H,52,64)(H,53,63)(H,54,66)(H,55,65)(H,56,62)(H,58,59)(H,60,61)(H,67,68)/t28-,35-,36-,37-,38-,42-,43+/m0/s1. The van der Waals surface area contributed by atoms with Crippen LogP contribution in [0, 0.1) is 11.8 Å². The minimum absolute atomic E-state index is 0.000338. The third-order valence-corrected chi connectivity index (χ3v) is 11.4. The smallest absolute Gasteiger partial charge is 0.326 e. The van der Waals surface area contributed by atoms with Gasteiger partial charge in [0, 0.05) is 42.8 Å². The van der Waals surface area contributed by atoms with Gasteiger partial charge in [0.2, 0.25) is 35.4 Å². The second-order valence-electron chi connectivity index (χ2n) is 17.2. The number of rotatable bonds is 26. The van der Waals surface area contributed by atoms with Crippen molar-refractivity contribution in [2.75, 3.05) is 0 Å². The molecule has 1 heterocycles. The Labute approximate surface area is 393 Å². The average Bonchev–Trinajstić information content (AvgIpc) is 3.70. The number of carbonyl (C=O) groups is 9. The maximum Gasteiger partial charge on any atom is 0.326 e. The first-order chi connectivity index (χ1) is 32.3. The van der Waals surface area contributed by atoms with Crippen LogP contribution in [0.5, 0.6) is 0 Å². The summed E-state index contributed by atoms with van der Waals surface area (Å²) in [6.07, 6.45) is -0.360. The number of para-hydroxylation sites is 1. The lowest BCUT2D eigenvalue weighted by Crippen LogP contribution is -2.60. The topological polar surface area (TPSA) is 302 Å². The van der Waals surface area contributed by atoms with E-state index >= 15 is 0 Å². The van der Waals surface area contributed by atoms with Gasteiger partial charge >= 0.3 is 17.9 Å². The van der Waals surface area contributed by atoms with Crippen molar-refractivity contribution in [2.24, 2.45) is 11.8 Å². The second-order valence-corrected chi connectivity index (χ2v) is 17.2. The van der Waals surface area contributed by atoms with Crippen LogP contribution in [0.25, 0.3) is 10.9 Å². The third kappa shape index (κ3) is 15.5. The molecule has 68 heavy (non-hydrogen) atoms. The molecule has 0 bridgehead atoms. The van der Waals surface area contributed by atoms with Gasteiger partial charge in [0.05, 0.1) is 6.42 Å². The number of aromatic amines is 1. The highest BCUT2D eigenvalue weighted by Crippen LogP contribution is 2.29. The Morgan fingerprint density at radius 2 is 1.09 bits per heavy atom. The molecular formula is C49H61N7O12. The van der Waals surface area contributed by atoms with Gasteiger partial charge in [0.15, 0.2) is 0 Å². The molecule has 0 saturated carbocycles. The minimum atomic E-state index is -1.87. The van der Waals surface area contributed by atoms with Crippen LogP contribution >= 0.6 is 0 Å². The predicted octanol–water partition coefficient (Wildman–Crippen LogP) is 2.99. The molecule has 0 spiro atoms.